The van der Waals surface area contributed by atoms with Gasteiger partial charge in [0, 0.05) is 0 Å². The topological polar surface area (TPSA) is 33.1 Å². The molecule has 2 unspecified atom stereocenters. The van der Waals surface area contributed by atoms with E-state index in [0.717, 1.165) is 15.2 Å². The van der Waals surface area contributed by atoms with E-state index in [-0.39, 0.29) is 5.92 Å². The van der Waals surface area contributed by atoms with E-state index in [2.05, 4.69) is 11.6 Å². The molecule has 0 aliphatic rings. The minimum atomic E-state index is -0.442. The lowest BCUT2D eigenvalue weighted by molar-refractivity contribution is 0.179. The number of aliphatic hydroxyl groups excluding tert-OH is 1. The van der Waals surface area contributed by atoms with Crippen LogP contribution in [0.3, 0.4) is 0 Å². The van der Waals surface area contributed by atoms with Gasteiger partial charge >= 0.3 is 0 Å². The smallest absolute Gasteiger partial charge is 0.103 e. The third-order valence-electron chi connectivity index (χ3n) is 2.37. The van der Waals surface area contributed by atoms with Crippen LogP contribution in [0.4, 0.5) is 0 Å². The predicted molar refractivity (Wildman–Crippen MR) is 64.2 cm³/mol. The van der Waals surface area contributed by atoms with Crippen LogP contribution in [0.5, 0.6) is 0 Å². The van der Waals surface area contributed by atoms with E-state index in [9.17, 15) is 5.11 Å². The molecule has 2 nitrogen and oxygen atoms in total. The van der Waals surface area contributed by atoms with Gasteiger partial charge in [0.25, 0.3) is 0 Å². The van der Waals surface area contributed by atoms with Crippen molar-refractivity contribution in [3.8, 4) is 0 Å². The summed E-state index contributed by atoms with van der Waals surface area (Å²) in [7, 11) is 0. The standard InChI is InChI=1S/C12H13NOS/c1-3-9(8(2)14)12-13-10-6-4-5-7-11(10)15-12/h3-9,14H,1H2,2H3. The molecule has 0 amide bonds. The summed E-state index contributed by atoms with van der Waals surface area (Å²) >= 11 is 1.62. The van der Waals surface area contributed by atoms with Gasteiger partial charge in [-0.15, -0.1) is 17.9 Å². The summed E-state index contributed by atoms with van der Waals surface area (Å²) in [6.07, 6.45) is 1.31. The molecule has 0 aliphatic carbocycles. The number of aromatic nitrogens is 1. The van der Waals surface area contributed by atoms with E-state index in [1.807, 2.05) is 24.3 Å². The highest BCUT2D eigenvalue weighted by atomic mass is 32.1. The molecule has 1 N–H and O–H groups in total. The summed E-state index contributed by atoms with van der Waals surface area (Å²) in [6, 6.07) is 7.99. The molecule has 1 heterocycles. The summed E-state index contributed by atoms with van der Waals surface area (Å²) < 4.78 is 1.15. The van der Waals surface area contributed by atoms with E-state index in [1.165, 1.54) is 0 Å². The fourth-order valence-corrected chi connectivity index (χ4v) is 2.70. The van der Waals surface area contributed by atoms with Crippen molar-refractivity contribution in [2.45, 2.75) is 18.9 Å². The third kappa shape index (κ3) is 1.94. The Bertz CT molecular complexity index is 442. The van der Waals surface area contributed by atoms with E-state index >= 15 is 0 Å². The average Bonchev–Trinajstić information content (AvgIpc) is 2.61. The lowest BCUT2D eigenvalue weighted by Crippen LogP contribution is -2.11. The lowest BCUT2D eigenvalue weighted by Gasteiger charge is -2.11. The number of rotatable bonds is 3. The maximum absolute atomic E-state index is 9.59. The van der Waals surface area contributed by atoms with Crippen LogP contribution >= 0.6 is 11.3 Å². The van der Waals surface area contributed by atoms with E-state index in [1.54, 1.807) is 24.3 Å². The van der Waals surface area contributed by atoms with Gasteiger partial charge in [-0.05, 0) is 19.1 Å². The van der Waals surface area contributed by atoms with Gasteiger partial charge in [-0.2, -0.15) is 0 Å². The summed E-state index contributed by atoms with van der Waals surface area (Å²) in [5.41, 5.74) is 0.991. The van der Waals surface area contributed by atoms with E-state index in [0.29, 0.717) is 0 Å². The Hall–Kier alpha value is -1.19. The average molecular weight is 219 g/mol. The quantitative estimate of drug-likeness (QED) is 0.805. The minimum Gasteiger partial charge on any atom is -0.392 e. The lowest BCUT2D eigenvalue weighted by atomic mass is 10.1. The molecule has 2 atom stereocenters. The number of fused-ring (bicyclic) bond motifs is 1. The van der Waals surface area contributed by atoms with Crippen LogP contribution in [0.2, 0.25) is 0 Å². The number of hydrogen-bond donors (Lipinski definition) is 1. The molecule has 0 saturated heterocycles. The summed E-state index contributed by atoms with van der Waals surface area (Å²) in [5, 5.41) is 10.5. The first-order chi connectivity index (χ1) is 7.22. The van der Waals surface area contributed by atoms with Gasteiger partial charge in [0.1, 0.15) is 5.01 Å². The van der Waals surface area contributed by atoms with Crippen LogP contribution in [0.1, 0.15) is 17.8 Å². The Balaban J connectivity index is 2.47. The third-order valence-corrected chi connectivity index (χ3v) is 3.51. The molecule has 0 bridgehead atoms. The van der Waals surface area contributed by atoms with Crippen molar-refractivity contribution in [2.75, 3.05) is 0 Å². The van der Waals surface area contributed by atoms with Crippen molar-refractivity contribution in [1.29, 1.82) is 0 Å². The molecule has 2 aromatic rings. The molecule has 1 aromatic carbocycles. The molecule has 0 fully saturated rings. The van der Waals surface area contributed by atoms with Crippen LogP contribution in [0.25, 0.3) is 10.2 Å². The normalized spacial score (nSPS) is 15.1. The Kier molecular flexibility index (Phi) is 2.84. The zero-order valence-electron chi connectivity index (χ0n) is 8.55. The van der Waals surface area contributed by atoms with Crippen LogP contribution < -0.4 is 0 Å². The molecule has 78 valence electrons. The second-order valence-electron chi connectivity index (χ2n) is 3.52. The molecule has 2 rings (SSSR count). The fraction of sp³-hybridized carbons (Fsp3) is 0.250. The Morgan fingerprint density at radius 2 is 2.20 bits per heavy atom. The minimum absolute atomic E-state index is 0.0672. The first-order valence-corrected chi connectivity index (χ1v) is 5.70. The largest absolute Gasteiger partial charge is 0.392 e. The van der Waals surface area contributed by atoms with E-state index in [4.69, 9.17) is 0 Å². The molecule has 0 spiro atoms. The van der Waals surface area contributed by atoms with Crippen molar-refractivity contribution >= 4 is 21.6 Å². The highest BCUT2D eigenvalue weighted by molar-refractivity contribution is 7.18. The summed E-state index contributed by atoms with van der Waals surface area (Å²) in [4.78, 5) is 4.49. The van der Waals surface area contributed by atoms with Gasteiger partial charge in [-0.25, -0.2) is 4.98 Å². The molecule has 0 aliphatic heterocycles. The first kappa shape index (κ1) is 10.3. The highest BCUT2D eigenvalue weighted by Crippen LogP contribution is 2.29. The van der Waals surface area contributed by atoms with Crippen molar-refractivity contribution in [2.24, 2.45) is 0 Å². The molecular formula is C12H13NOS. The molecule has 15 heavy (non-hydrogen) atoms. The molecular weight excluding hydrogens is 206 g/mol. The number of para-hydroxylation sites is 1. The van der Waals surface area contributed by atoms with Gasteiger partial charge in [0.2, 0.25) is 0 Å². The van der Waals surface area contributed by atoms with Crippen LogP contribution in [0.15, 0.2) is 36.9 Å². The second-order valence-corrected chi connectivity index (χ2v) is 4.58. The highest BCUT2D eigenvalue weighted by Gasteiger charge is 2.17. The van der Waals surface area contributed by atoms with E-state index < -0.39 is 6.10 Å². The number of aliphatic hydroxyl groups is 1. The van der Waals surface area contributed by atoms with Crippen LogP contribution in [-0.4, -0.2) is 16.2 Å². The van der Waals surface area contributed by atoms with Gasteiger partial charge in [-0.3, -0.25) is 0 Å². The molecule has 3 heteroatoms. The molecule has 0 saturated carbocycles. The zero-order chi connectivity index (χ0) is 10.8. The number of benzene rings is 1. The van der Waals surface area contributed by atoms with Crippen LogP contribution in [0, 0.1) is 0 Å². The molecule has 1 aromatic heterocycles. The van der Waals surface area contributed by atoms with Crippen molar-refractivity contribution in [1.82, 2.24) is 4.98 Å². The number of hydrogen-bond acceptors (Lipinski definition) is 3. The fourth-order valence-electron chi connectivity index (χ4n) is 1.54. The maximum atomic E-state index is 9.59. The van der Waals surface area contributed by atoms with Crippen LogP contribution in [-0.2, 0) is 0 Å². The second kappa shape index (κ2) is 4.13. The Labute approximate surface area is 92.9 Å². The SMILES string of the molecule is C=CC(c1nc2ccccc2s1)C(C)O. The number of nitrogens with zero attached hydrogens (tertiary/aromatic N) is 1. The van der Waals surface area contributed by atoms with Crippen molar-refractivity contribution in [3.05, 3.63) is 41.9 Å². The van der Waals surface area contributed by atoms with Gasteiger partial charge in [-0.1, -0.05) is 18.2 Å². The maximum Gasteiger partial charge on any atom is 0.103 e. The molecule has 0 radical (unpaired) electrons. The van der Waals surface area contributed by atoms with Crippen molar-refractivity contribution < 1.29 is 5.11 Å². The summed E-state index contributed by atoms with van der Waals surface area (Å²) in [5.74, 6) is -0.0672. The predicted octanol–water partition coefficient (Wildman–Crippen LogP) is 2.95. The van der Waals surface area contributed by atoms with Gasteiger partial charge < -0.3 is 5.11 Å². The van der Waals surface area contributed by atoms with Crippen molar-refractivity contribution in [3.63, 3.8) is 0 Å². The Morgan fingerprint density at radius 3 is 2.80 bits per heavy atom. The zero-order valence-corrected chi connectivity index (χ0v) is 9.37. The van der Waals surface area contributed by atoms with Gasteiger partial charge in [0.15, 0.2) is 0 Å². The Morgan fingerprint density at radius 1 is 1.47 bits per heavy atom. The monoisotopic (exact) mass is 219 g/mol. The number of thiazole rings is 1. The summed E-state index contributed by atoms with van der Waals surface area (Å²) in [6.45, 7) is 5.50. The first-order valence-electron chi connectivity index (χ1n) is 4.88. The van der Waals surface area contributed by atoms with Gasteiger partial charge in [0.05, 0.1) is 22.2 Å².